The lowest BCUT2D eigenvalue weighted by molar-refractivity contribution is -0.142. The zero-order chi connectivity index (χ0) is 15.4. The van der Waals surface area contributed by atoms with Crippen LogP contribution in [0.25, 0.3) is 0 Å². The number of aliphatic carboxylic acids is 1. The Morgan fingerprint density at radius 3 is 2.76 bits per heavy atom. The molecule has 1 aromatic rings. The number of benzene rings is 1. The number of rotatable bonds is 6. The fourth-order valence-corrected chi connectivity index (χ4v) is 2.83. The molecule has 0 bridgehead atoms. The van der Waals surface area contributed by atoms with Crippen molar-refractivity contribution in [2.24, 2.45) is 0 Å². The molecule has 2 unspecified atom stereocenters. The van der Waals surface area contributed by atoms with Gasteiger partial charge in [0.2, 0.25) is 6.79 Å². The summed E-state index contributed by atoms with van der Waals surface area (Å²) in [6.07, 6.45) is 0. The Bertz CT molecular complexity index is 544. The molecule has 0 aromatic heterocycles. The van der Waals surface area contributed by atoms with E-state index in [4.69, 9.17) is 19.3 Å². The highest BCUT2D eigenvalue weighted by atomic mass is 32.2. The molecule has 2 atom stereocenters. The summed E-state index contributed by atoms with van der Waals surface area (Å²) in [6, 6.07) is 5.11. The molecule has 0 saturated carbocycles. The van der Waals surface area contributed by atoms with Crippen LogP contribution in [0.5, 0.6) is 11.5 Å². The summed E-state index contributed by atoms with van der Waals surface area (Å²) in [5.41, 5.74) is 0.635. The molecule has 1 heterocycles. The number of hydrogen-bond donors (Lipinski definition) is 1. The van der Waals surface area contributed by atoms with Gasteiger partial charge in [-0.05, 0) is 31.5 Å². The molecule has 7 heteroatoms. The van der Waals surface area contributed by atoms with Crippen LogP contribution in [0.15, 0.2) is 18.2 Å². The van der Waals surface area contributed by atoms with E-state index in [1.807, 2.05) is 0 Å². The van der Waals surface area contributed by atoms with E-state index >= 15 is 0 Å². The van der Waals surface area contributed by atoms with Gasteiger partial charge >= 0.3 is 11.9 Å². The van der Waals surface area contributed by atoms with Gasteiger partial charge in [-0.3, -0.25) is 9.59 Å². The van der Waals surface area contributed by atoms with Gasteiger partial charge in [0, 0.05) is 0 Å². The van der Waals surface area contributed by atoms with Gasteiger partial charge in [-0.2, -0.15) is 0 Å². The monoisotopic (exact) mass is 312 g/mol. The highest BCUT2D eigenvalue weighted by Crippen LogP contribution is 2.39. The number of esters is 1. The number of carbonyl (C=O) groups is 2. The van der Waals surface area contributed by atoms with E-state index in [-0.39, 0.29) is 13.4 Å². The molecule has 0 saturated heterocycles. The highest BCUT2D eigenvalue weighted by molar-refractivity contribution is 8.01. The van der Waals surface area contributed by atoms with Crippen LogP contribution in [-0.2, 0) is 14.3 Å². The van der Waals surface area contributed by atoms with E-state index in [1.165, 1.54) is 6.92 Å². The van der Waals surface area contributed by atoms with Crippen LogP contribution in [0.4, 0.5) is 0 Å². The van der Waals surface area contributed by atoms with E-state index in [1.54, 1.807) is 25.1 Å². The zero-order valence-electron chi connectivity index (χ0n) is 11.7. The summed E-state index contributed by atoms with van der Waals surface area (Å²) >= 11 is 1.03. The maximum Gasteiger partial charge on any atom is 0.323 e. The van der Waals surface area contributed by atoms with E-state index < -0.39 is 22.4 Å². The first-order valence-electron chi connectivity index (χ1n) is 6.47. The molecule has 1 aliphatic rings. The van der Waals surface area contributed by atoms with Gasteiger partial charge in [-0.25, -0.2) is 0 Å². The van der Waals surface area contributed by atoms with Crippen molar-refractivity contribution in [2.75, 3.05) is 13.4 Å². The van der Waals surface area contributed by atoms with Crippen molar-refractivity contribution in [3.63, 3.8) is 0 Å². The van der Waals surface area contributed by atoms with Crippen LogP contribution in [0, 0.1) is 0 Å². The van der Waals surface area contributed by atoms with Gasteiger partial charge in [-0.1, -0.05) is 6.07 Å². The van der Waals surface area contributed by atoms with Gasteiger partial charge in [0.15, 0.2) is 11.5 Å². The number of fused-ring (bicyclic) bond motifs is 1. The maximum atomic E-state index is 12.1. The van der Waals surface area contributed by atoms with Crippen molar-refractivity contribution in [2.45, 2.75) is 24.3 Å². The molecule has 114 valence electrons. The third-order valence-corrected chi connectivity index (χ3v) is 4.23. The van der Waals surface area contributed by atoms with Crippen LogP contribution in [0.2, 0.25) is 0 Å². The zero-order valence-corrected chi connectivity index (χ0v) is 12.5. The Labute approximate surface area is 126 Å². The summed E-state index contributed by atoms with van der Waals surface area (Å²) in [6.45, 7) is 3.62. The topological polar surface area (TPSA) is 82.1 Å². The first-order valence-corrected chi connectivity index (χ1v) is 7.41. The van der Waals surface area contributed by atoms with Crippen molar-refractivity contribution in [1.29, 1.82) is 0 Å². The Kier molecular flexibility index (Phi) is 4.95. The molecule has 0 radical (unpaired) electrons. The first kappa shape index (κ1) is 15.5. The lowest BCUT2D eigenvalue weighted by atomic mass is 10.1. The predicted molar refractivity (Wildman–Crippen MR) is 76.6 cm³/mol. The molecular weight excluding hydrogens is 296 g/mol. The van der Waals surface area contributed by atoms with E-state index in [0.717, 1.165) is 11.8 Å². The second kappa shape index (κ2) is 6.71. The number of thioether (sulfide) groups is 1. The van der Waals surface area contributed by atoms with Crippen molar-refractivity contribution in [3.8, 4) is 11.5 Å². The predicted octanol–water partition coefficient (Wildman–Crippen LogP) is 2.23. The van der Waals surface area contributed by atoms with Gasteiger partial charge in [0.1, 0.15) is 10.5 Å². The SMILES string of the molecule is CCOC(=O)C(SC(C)C(=O)O)c1ccc2c(c1)OCO2. The molecule has 21 heavy (non-hydrogen) atoms. The van der Waals surface area contributed by atoms with Crippen LogP contribution >= 0.6 is 11.8 Å². The molecule has 0 fully saturated rings. The summed E-state index contributed by atoms with van der Waals surface area (Å²) in [7, 11) is 0. The van der Waals surface area contributed by atoms with Gasteiger partial charge in [-0.15, -0.1) is 11.8 Å². The van der Waals surface area contributed by atoms with Gasteiger partial charge in [0.25, 0.3) is 0 Å². The molecule has 0 spiro atoms. The number of ether oxygens (including phenoxy) is 3. The smallest absolute Gasteiger partial charge is 0.323 e. The van der Waals surface area contributed by atoms with Crippen molar-refractivity contribution >= 4 is 23.7 Å². The number of carboxylic acid groups (broad SMARTS) is 1. The van der Waals surface area contributed by atoms with E-state index in [0.29, 0.717) is 17.1 Å². The molecule has 1 N–H and O–H groups in total. The highest BCUT2D eigenvalue weighted by Gasteiger charge is 2.29. The molecule has 1 aliphatic heterocycles. The van der Waals surface area contributed by atoms with Crippen LogP contribution in [0.1, 0.15) is 24.7 Å². The Morgan fingerprint density at radius 2 is 2.10 bits per heavy atom. The minimum absolute atomic E-state index is 0.140. The average Bonchev–Trinajstić information content (AvgIpc) is 2.91. The number of carboxylic acids is 1. The second-order valence-electron chi connectivity index (χ2n) is 4.36. The average molecular weight is 312 g/mol. The molecular formula is C14H16O6S. The standard InChI is InChI=1S/C14H16O6S/c1-3-18-14(17)12(21-8(2)13(15)16)9-4-5-10-11(6-9)20-7-19-10/h4-6,8,12H,3,7H2,1-2H3,(H,15,16). The molecule has 0 aliphatic carbocycles. The summed E-state index contributed by atoms with van der Waals surface area (Å²) in [5, 5.41) is 7.58. The third-order valence-electron chi connectivity index (χ3n) is 2.89. The minimum atomic E-state index is -0.977. The Morgan fingerprint density at radius 1 is 1.38 bits per heavy atom. The lowest BCUT2D eigenvalue weighted by Crippen LogP contribution is -2.20. The van der Waals surface area contributed by atoms with Crippen molar-refractivity contribution in [3.05, 3.63) is 23.8 Å². The van der Waals surface area contributed by atoms with Crippen LogP contribution < -0.4 is 9.47 Å². The molecule has 0 amide bonds. The third kappa shape index (κ3) is 3.60. The first-order chi connectivity index (χ1) is 10.0. The lowest BCUT2D eigenvalue weighted by Gasteiger charge is -2.18. The minimum Gasteiger partial charge on any atom is -0.480 e. The van der Waals surface area contributed by atoms with Crippen molar-refractivity contribution in [1.82, 2.24) is 0 Å². The quantitative estimate of drug-likeness (QED) is 0.806. The molecule has 6 nitrogen and oxygen atoms in total. The summed E-state index contributed by atoms with van der Waals surface area (Å²) < 4.78 is 15.5. The largest absolute Gasteiger partial charge is 0.480 e. The van der Waals surface area contributed by atoms with Gasteiger partial charge < -0.3 is 19.3 Å². The molecule has 2 rings (SSSR count). The summed E-state index contributed by atoms with van der Waals surface area (Å²) in [5.74, 6) is -0.285. The van der Waals surface area contributed by atoms with Crippen molar-refractivity contribution < 1.29 is 28.9 Å². The maximum absolute atomic E-state index is 12.1. The Balaban J connectivity index is 2.25. The van der Waals surface area contributed by atoms with Crippen LogP contribution in [0.3, 0.4) is 0 Å². The Hall–Kier alpha value is -1.89. The number of hydrogen-bond acceptors (Lipinski definition) is 6. The molecule has 1 aromatic carbocycles. The normalized spacial score (nSPS) is 15.3. The second-order valence-corrected chi connectivity index (χ2v) is 5.81. The fraction of sp³-hybridized carbons (Fsp3) is 0.429. The summed E-state index contributed by atoms with van der Waals surface area (Å²) in [4.78, 5) is 23.1. The van der Waals surface area contributed by atoms with E-state index in [9.17, 15) is 9.59 Å². The number of carbonyl (C=O) groups excluding carboxylic acids is 1. The fourth-order valence-electron chi connectivity index (χ4n) is 1.83. The van der Waals surface area contributed by atoms with Crippen LogP contribution in [-0.4, -0.2) is 35.7 Å². The van der Waals surface area contributed by atoms with E-state index in [2.05, 4.69) is 0 Å². The van der Waals surface area contributed by atoms with Gasteiger partial charge in [0.05, 0.1) is 6.61 Å².